The molecule has 1 fully saturated rings. The Morgan fingerprint density at radius 3 is 2.94 bits per heavy atom. The molecule has 1 amide bonds. The van der Waals surface area contributed by atoms with Crippen molar-refractivity contribution in [3.05, 3.63) is 46.5 Å². The average Bonchev–Trinajstić information content (AvgIpc) is 3.26. The number of carbonyl (C=O) groups is 1. The number of nitrogens with one attached hydrogen (secondary N) is 1. The highest BCUT2D eigenvalue weighted by molar-refractivity contribution is 7.21. The van der Waals surface area contributed by atoms with E-state index in [-0.39, 0.29) is 11.9 Å². The van der Waals surface area contributed by atoms with Gasteiger partial charge in [-0.1, -0.05) is 6.07 Å². The van der Waals surface area contributed by atoms with Gasteiger partial charge in [-0.05, 0) is 37.1 Å². The number of carbonyl (C=O) groups excluding carboxylic acids is 1. The first kappa shape index (κ1) is 20.0. The van der Waals surface area contributed by atoms with Crippen LogP contribution >= 0.6 is 11.3 Å². The number of anilines is 2. The number of pyridine rings is 1. The molecule has 1 saturated heterocycles. The predicted molar refractivity (Wildman–Crippen MR) is 121 cm³/mol. The Morgan fingerprint density at radius 2 is 2.16 bits per heavy atom. The van der Waals surface area contributed by atoms with Gasteiger partial charge >= 0.3 is 0 Å². The van der Waals surface area contributed by atoms with Crippen LogP contribution in [0.25, 0.3) is 10.2 Å². The highest BCUT2D eigenvalue weighted by Gasteiger charge is 2.31. The van der Waals surface area contributed by atoms with Crippen LogP contribution in [0.4, 0.5) is 15.8 Å². The largest absolute Gasteiger partial charge is 0.491 e. The molecule has 31 heavy (non-hydrogen) atoms. The van der Waals surface area contributed by atoms with E-state index in [9.17, 15) is 9.18 Å². The molecular weight excluding hydrogens is 417 g/mol. The number of aryl methyl sites for hydroxylation is 1. The van der Waals surface area contributed by atoms with Crippen molar-refractivity contribution in [3.63, 3.8) is 0 Å². The zero-order valence-electron chi connectivity index (χ0n) is 17.1. The fourth-order valence-corrected chi connectivity index (χ4v) is 5.20. The highest BCUT2D eigenvalue weighted by atomic mass is 32.1. The summed E-state index contributed by atoms with van der Waals surface area (Å²) < 4.78 is 19.7. The molecule has 7 nitrogen and oxygen atoms in total. The van der Waals surface area contributed by atoms with E-state index in [2.05, 4.69) is 10.3 Å². The van der Waals surface area contributed by atoms with Crippen LogP contribution in [-0.4, -0.2) is 48.8 Å². The van der Waals surface area contributed by atoms with Gasteiger partial charge < -0.3 is 26.4 Å². The zero-order valence-corrected chi connectivity index (χ0v) is 17.9. The molecule has 3 aromatic rings. The van der Waals surface area contributed by atoms with Crippen LogP contribution in [0.5, 0.6) is 5.75 Å². The summed E-state index contributed by atoms with van der Waals surface area (Å²) in [5.41, 5.74) is 15.3. The Morgan fingerprint density at radius 1 is 1.32 bits per heavy atom. The quantitative estimate of drug-likeness (QED) is 0.576. The van der Waals surface area contributed by atoms with E-state index >= 15 is 0 Å². The van der Waals surface area contributed by atoms with Gasteiger partial charge in [0.05, 0.1) is 24.3 Å². The molecule has 5 rings (SSSR count). The third-order valence-electron chi connectivity index (χ3n) is 5.89. The number of thiophene rings is 1. The van der Waals surface area contributed by atoms with Gasteiger partial charge in [0.25, 0.3) is 5.91 Å². The summed E-state index contributed by atoms with van der Waals surface area (Å²) in [5, 5.41) is 3.84. The second-order valence-corrected chi connectivity index (χ2v) is 9.21. The molecule has 0 bridgehead atoms. The van der Waals surface area contributed by atoms with Crippen LogP contribution in [-0.2, 0) is 6.42 Å². The van der Waals surface area contributed by atoms with Crippen LogP contribution < -0.4 is 26.4 Å². The molecule has 0 unspecified atom stereocenters. The lowest BCUT2D eigenvalue weighted by Crippen LogP contribution is -2.42. The maximum Gasteiger partial charge on any atom is 0.263 e. The minimum Gasteiger partial charge on any atom is -0.491 e. The lowest BCUT2D eigenvalue weighted by molar-refractivity contribution is 0.0920. The number of nitrogens with zero attached hydrogens (tertiary/aromatic N) is 2. The van der Waals surface area contributed by atoms with Gasteiger partial charge in [0.2, 0.25) is 0 Å². The summed E-state index contributed by atoms with van der Waals surface area (Å²) in [4.78, 5) is 20.5. The number of nitrogen functional groups attached to an aromatic ring is 1. The molecule has 0 spiro atoms. The molecule has 5 N–H and O–H groups in total. The third kappa shape index (κ3) is 3.68. The summed E-state index contributed by atoms with van der Waals surface area (Å²) in [7, 11) is 0. The number of hydrogen-bond donors (Lipinski definition) is 3. The molecule has 2 aliphatic heterocycles. The van der Waals surface area contributed by atoms with Gasteiger partial charge in [0.1, 0.15) is 28.2 Å². The number of amides is 1. The van der Waals surface area contributed by atoms with Crippen molar-refractivity contribution in [2.45, 2.75) is 31.6 Å². The SMILES string of the molecule is Cc1ccc2c(N)c(C(=O)N[C@H]3COc4cc(N5C[C@@H](N)[C@@H](F)C5)ccc4C3)sc2n1. The number of fused-ring (bicyclic) bond motifs is 2. The number of hydrogen-bond acceptors (Lipinski definition) is 7. The minimum atomic E-state index is -1.02. The molecule has 2 aliphatic rings. The molecule has 4 heterocycles. The van der Waals surface area contributed by atoms with Crippen molar-refractivity contribution in [2.24, 2.45) is 5.73 Å². The fourth-order valence-electron chi connectivity index (χ4n) is 4.16. The Balaban J connectivity index is 1.29. The number of rotatable bonds is 3. The maximum absolute atomic E-state index is 13.8. The van der Waals surface area contributed by atoms with Gasteiger partial charge in [-0.2, -0.15) is 0 Å². The number of halogens is 1. The van der Waals surface area contributed by atoms with Gasteiger partial charge in [-0.15, -0.1) is 11.3 Å². The summed E-state index contributed by atoms with van der Waals surface area (Å²) in [6.45, 7) is 3.05. The van der Waals surface area contributed by atoms with E-state index in [1.54, 1.807) is 0 Å². The Kier molecular flexibility index (Phi) is 4.94. The second kappa shape index (κ2) is 7.65. The van der Waals surface area contributed by atoms with Gasteiger partial charge in [0, 0.05) is 29.4 Å². The Hall–Kier alpha value is -2.91. The molecule has 2 aromatic heterocycles. The highest BCUT2D eigenvalue weighted by Crippen LogP contribution is 2.34. The molecule has 3 atom stereocenters. The molecule has 9 heteroatoms. The first-order chi connectivity index (χ1) is 14.9. The zero-order chi connectivity index (χ0) is 21.7. The number of ether oxygens (including phenoxy) is 1. The van der Waals surface area contributed by atoms with Crippen molar-refractivity contribution in [2.75, 3.05) is 30.3 Å². The molecular formula is C22H24FN5O2S. The summed E-state index contributed by atoms with van der Waals surface area (Å²) in [6.07, 6.45) is -0.369. The van der Waals surface area contributed by atoms with E-state index in [0.717, 1.165) is 32.9 Å². The number of benzene rings is 1. The molecule has 0 aliphatic carbocycles. The summed E-state index contributed by atoms with van der Waals surface area (Å²) in [6, 6.07) is 9.01. The topological polar surface area (TPSA) is 106 Å². The van der Waals surface area contributed by atoms with Gasteiger partial charge in [0.15, 0.2) is 0 Å². The molecule has 1 aromatic carbocycles. The van der Waals surface area contributed by atoms with Gasteiger partial charge in [-0.25, -0.2) is 9.37 Å². The fraction of sp³-hybridized carbons (Fsp3) is 0.364. The van der Waals surface area contributed by atoms with Crippen molar-refractivity contribution < 1.29 is 13.9 Å². The lowest BCUT2D eigenvalue weighted by atomic mass is 10.0. The predicted octanol–water partition coefficient (Wildman–Crippen LogP) is 2.41. The van der Waals surface area contributed by atoms with E-state index in [0.29, 0.717) is 36.7 Å². The van der Waals surface area contributed by atoms with Crippen LogP contribution in [0, 0.1) is 6.92 Å². The van der Waals surface area contributed by atoms with Crippen molar-refractivity contribution >= 4 is 38.8 Å². The lowest BCUT2D eigenvalue weighted by Gasteiger charge is -2.28. The average molecular weight is 442 g/mol. The molecule has 162 valence electrons. The normalized spacial score (nSPS) is 22.9. The summed E-state index contributed by atoms with van der Waals surface area (Å²) >= 11 is 1.30. The van der Waals surface area contributed by atoms with Crippen LogP contribution in [0.15, 0.2) is 30.3 Å². The minimum absolute atomic E-state index is 0.166. The third-order valence-corrected chi connectivity index (χ3v) is 7.00. The van der Waals surface area contributed by atoms with Crippen molar-refractivity contribution in [1.82, 2.24) is 10.3 Å². The standard InChI is InChI=1S/C22H24FN5O2S/c1-11-2-5-15-19(25)20(31-22(15)26-11)21(29)27-13-6-12-3-4-14(7-18(12)30-10-13)28-8-16(23)17(24)9-28/h2-5,7,13,16-17H,6,8-10,24-25H2,1H3,(H,27,29)/t13-,16+,17-/m1/s1. The maximum atomic E-state index is 13.8. The number of nitrogens with two attached hydrogens (primary N) is 2. The van der Waals surface area contributed by atoms with Crippen molar-refractivity contribution in [1.29, 1.82) is 0 Å². The van der Waals surface area contributed by atoms with Crippen molar-refractivity contribution in [3.8, 4) is 5.75 Å². The van der Waals surface area contributed by atoms with Gasteiger partial charge in [-0.3, -0.25) is 4.79 Å². The number of aromatic nitrogens is 1. The smallest absolute Gasteiger partial charge is 0.263 e. The molecule has 0 radical (unpaired) electrons. The monoisotopic (exact) mass is 441 g/mol. The van der Waals surface area contributed by atoms with Crippen LogP contribution in [0.2, 0.25) is 0 Å². The summed E-state index contributed by atoms with van der Waals surface area (Å²) in [5.74, 6) is 0.548. The Bertz CT molecular complexity index is 1160. The van der Waals surface area contributed by atoms with E-state index < -0.39 is 12.2 Å². The second-order valence-electron chi connectivity index (χ2n) is 8.21. The van der Waals surface area contributed by atoms with E-state index in [4.69, 9.17) is 16.2 Å². The van der Waals surface area contributed by atoms with E-state index in [1.165, 1.54) is 11.3 Å². The molecule has 0 saturated carbocycles. The first-order valence-electron chi connectivity index (χ1n) is 10.3. The number of alkyl halides is 1. The Labute approximate surface area is 183 Å². The first-order valence-corrected chi connectivity index (χ1v) is 11.1. The van der Waals surface area contributed by atoms with Crippen LogP contribution in [0.3, 0.4) is 0 Å². The van der Waals surface area contributed by atoms with Crippen LogP contribution in [0.1, 0.15) is 20.9 Å². The van der Waals surface area contributed by atoms with E-state index in [1.807, 2.05) is 42.2 Å².